The number of benzene rings is 1. The van der Waals surface area contributed by atoms with Crippen LogP contribution < -0.4 is 16.7 Å². The Balaban J connectivity index is 3.10. The third kappa shape index (κ3) is 2.21. The van der Waals surface area contributed by atoms with E-state index in [1.54, 1.807) is 12.1 Å². The van der Waals surface area contributed by atoms with Gasteiger partial charge in [0, 0.05) is 5.69 Å². The molecule has 1 rings (SSSR count). The van der Waals surface area contributed by atoms with Crippen LogP contribution in [0, 0.1) is 0 Å². The fourth-order valence-corrected chi connectivity index (χ4v) is 1.25. The molecule has 0 fully saturated rings. The van der Waals surface area contributed by atoms with Crippen LogP contribution in [-0.4, -0.2) is 17.2 Å². The van der Waals surface area contributed by atoms with E-state index in [1.807, 2.05) is 13.0 Å². The minimum Gasteiger partial charge on any atom is -0.423 e. The van der Waals surface area contributed by atoms with E-state index in [0.29, 0.717) is 11.2 Å². The Bertz CT molecular complexity index is 291. The molecule has 0 saturated carbocycles. The SMILES string of the molecule is CCc1ccc(NN)cc1B(O)O. The molecule has 0 aliphatic heterocycles. The maximum Gasteiger partial charge on any atom is 0.488 e. The third-order valence-electron chi connectivity index (χ3n) is 1.97. The molecule has 0 atom stereocenters. The largest absolute Gasteiger partial charge is 0.488 e. The van der Waals surface area contributed by atoms with Gasteiger partial charge in [-0.25, -0.2) is 0 Å². The lowest BCUT2D eigenvalue weighted by atomic mass is 9.76. The predicted molar refractivity (Wildman–Crippen MR) is 53.5 cm³/mol. The molecule has 13 heavy (non-hydrogen) atoms. The lowest BCUT2D eigenvalue weighted by Crippen LogP contribution is -2.33. The number of aryl methyl sites for hydroxylation is 1. The number of nitrogen functional groups attached to an aromatic ring is 1. The standard InChI is InChI=1S/C8H13BN2O2/c1-2-6-3-4-7(11-10)5-8(6)9(12)13/h3-5,11-13H,2,10H2,1H3. The quantitative estimate of drug-likeness (QED) is 0.279. The van der Waals surface area contributed by atoms with E-state index in [2.05, 4.69) is 5.43 Å². The molecule has 0 aromatic heterocycles. The van der Waals surface area contributed by atoms with Gasteiger partial charge in [0.1, 0.15) is 0 Å². The van der Waals surface area contributed by atoms with Crippen molar-refractivity contribution in [2.45, 2.75) is 13.3 Å². The van der Waals surface area contributed by atoms with E-state index in [4.69, 9.17) is 15.9 Å². The van der Waals surface area contributed by atoms with Crippen LogP contribution in [0.1, 0.15) is 12.5 Å². The molecule has 0 saturated heterocycles. The van der Waals surface area contributed by atoms with E-state index in [9.17, 15) is 0 Å². The fraction of sp³-hybridized carbons (Fsp3) is 0.250. The third-order valence-corrected chi connectivity index (χ3v) is 1.97. The molecule has 1 aromatic carbocycles. The maximum atomic E-state index is 9.04. The number of nitrogens with two attached hydrogens (primary N) is 1. The monoisotopic (exact) mass is 180 g/mol. The summed E-state index contributed by atoms with van der Waals surface area (Å²) in [5.41, 5.74) is 4.53. The van der Waals surface area contributed by atoms with E-state index < -0.39 is 7.12 Å². The summed E-state index contributed by atoms with van der Waals surface area (Å²) in [6.45, 7) is 1.96. The maximum absolute atomic E-state index is 9.04. The van der Waals surface area contributed by atoms with Crippen LogP contribution >= 0.6 is 0 Å². The highest BCUT2D eigenvalue weighted by Crippen LogP contribution is 2.06. The number of anilines is 1. The van der Waals surface area contributed by atoms with Gasteiger partial charge >= 0.3 is 7.12 Å². The van der Waals surface area contributed by atoms with E-state index >= 15 is 0 Å². The molecule has 5 heteroatoms. The summed E-state index contributed by atoms with van der Waals surface area (Å²) in [5, 5.41) is 18.1. The first-order valence-corrected chi connectivity index (χ1v) is 4.14. The summed E-state index contributed by atoms with van der Waals surface area (Å²) < 4.78 is 0. The van der Waals surface area contributed by atoms with E-state index in [1.165, 1.54) is 0 Å². The van der Waals surface area contributed by atoms with Crippen LogP contribution in [0.25, 0.3) is 0 Å². The summed E-state index contributed by atoms with van der Waals surface area (Å²) in [5.74, 6) is 5.20. The van der Waals surface area contributed by atoms with E-state index in [-0.39, 0.29) is 0 Å². The van der Waals surface area contributed by atoms with Gasteiger partial charge in [0.2, 0.25) is 0 Å². The van der Waals surface area contributed by atoms with Crippen LogP contribution in [0.5, 0.6) is 0 Å². The molecule has 1 aromatic rings. The summed E-state index contributed by atoms with van der Waals surface area (Å²) in [6, 6.07) is 5.25. The van der Waals surface area contributed by atoms with Crippen molar-refractivity contribution in [1.82, 2.24) is 0 Å². The van der Waals surface area contributed by atoms with Crippen molar-refractivity contribution in [1.29, 1.82) is 0 Å². The van der Waals surface area contributed by atoms with Gasteiger partial charge in [-0.2, -0.15) is 0 Å². The zero-order valence-electron chi connectivity index (χ0n) is 7.49. The Labute approximate surface area is 77.5 Å². The smallest absolute Gasteiger partial charge is 0.423 e. The van der Waals surface area contributed by atoms with Crippen LogP contribution in [0.15, 0.2) is 18.2 Å². The summed E-state index contributed by atoms with van der Waals surface area (Å²) in [7, 11) is -1.44. The molecule has 0 spiro atoms. The summed E-state index contributed by atoms with van der Waals surface area (Å²) in [6.07, 6.45) is 0.762. The second kappa shape index (κ2) is 4.27. The minimum absolute atomic E-state index is 0.498. The van der Waals surface area contributed by atoms with Gasteiger partial charge in [0.25, 0.3) is 0 Å². The fourth-order valence-electron chi connectivity index (χ4n) is 1.25. The normalized spacial score (nSPS) is 9.85. The molecule has 5 N–H and O–H groups in total. The Morgan fingerprint density at radius 1 is 1.46 bits per heavy atom. The highest BCUT2D eigenvalue weighted by molar-refractivity contribution is 6.59. The van der Waals surface area contributed by atoms with Gasteiger partial charge in [-0.05, 0) is 29.6 Å². The number of hydrogen-bond donors (Lipinski definition) is 4. The topological polar surface area (TPSA) is 78.5 Å². The molecule has 4 nitrogen and oxygen atoms in total. The average molecular weight is 180 g/mol. The van der Waals surface area contributed by atoms with Crippen molar-refractivity contribution in [3.63, 3.8) is 0 Å². The van der Waals surface area contributed by atoms with Crippen molar-refractivity contribution in [3.8, 4) is 0 Å². The van der Waals surface area contributed by atoms with Crippen LogP contribution in [0.4, 0.5) is 5.69 Å². The lowest BCUT2D eigenvalue weighted by Gasteiger charge is -2.08. The van der Waals surface area contributed by atoms with Gasteiger partial charge in [-0.15, -0.1) is 0 Å². The van der Waals surface area contributed by atoms with Gasteiger partial charge < -0.3 is 15.5 Å². The van der Waals surface area contributed by atoms with Gasteiger partial charge in [0.05, 0.1) is 0 Å². The Hall–Kier alpha value is -1.04. The van der Waals surface area contributed by atoms with Crippen molar-refractivity contribution in [3.05, 3.63) is 23.8 Å². The molecule has 0 amide bonds. The van der Waals surface area contributed by atoms with Crippen molar-refractivity contribution in [2.24, 2.45) is 5.84 Å². The Morgan fingerprint density at radius 3 is 2.62 bits per heavy atom. The lowest BCUT2D eigenvalue weighted by molar-refractivity contribution is 0.425. The second-order valence-electron chi connectivity index (χ2n) is 2.79. The Morgan fingerprint density at radius 2 is 2.15 bits per heavy atom. The molecular weight excluding hydrogens is 167 g/mol. The minimum atomic E-state index is -1.44. The molecule has 0 heterocycles. The van der Waals surface area contributed by atoms with Crippen molar-refractivity contribution >= 4 is 18.3 Å². The molecule has 0 aliphatic carbocycles. The first-order chi connectivity index (χ1) is 6.19. The van der Waals surface area contributed by atoms with Crippen molar-refractivity contribution < 1.29 is 10.0 Å². The number of nitrogens with one attached hydrogen (secondary N) is 1. The zero-order chi connectivity index (χ0) is 9.84. The molecule has 0 radical (unpaired) electrons. The molecule has 0 bridgehead atoms. The summed E-state index contributed by atoms with van der Waals surface area (Å²) >= 11 is 0. The highest BCUT2D eigenvalue weighted by atomic mass is 16.4. The van der Waals surface area contributed by atoms with E-state index in [0.717, 1.165) is 12.0 Å². The molecular formula is C8H13BN2O2. The first-order valence-electron chi connectivity index (χ1n) is 4.14. The zero-order valence-corrected chi connectivity index (χ0v) is 7.49. The molecule has 70 valence electrons. The van der Waals surface area contributed by atoms with Gasteiger partial charge in [0.15, 0.2) is 0 Å². The molecule has 0 unspecified atom stereocenters. The van der Waals surface area contributed by atoms with Crippen LogP contribution in [0.3, 0.4) is 0 Å². The summed E-state index contributed by atoms with van der Waals surface area (Å²) in [4.78, 5) is 0. The molecule has 0 aliphatic rings. The number of hydrazine groups is 1. The number of rotatable bonds is 3. The van der Waals surface area contributed by atoms with Crippen LogP contribution in [0.2, 0.25) is 0 Å². The van der Waals surface area contributed by atoms with Gasteiger partial charge in [-0.3, -0.25) is 5.84 Å². The Kier molecular flexibility index (Phi) is 3.30. The van der Waals surface area contributed by atoms with Crippen molar-refractivity contribution in [2.75, 3.05) is 5.43 Å². The predicted octanol–water partition coefficient (Wildman–Crippen LogP) is -0.786. The van der Waals surface area contributed by atoms with Crippen LogP contribution in [-0.2, 0) is 6.42 Å². The second-order valence-corrected chi connectivity index (χ2v) is 2.79. The highest BCUT2D eigenvalue weighted by Gasteiger charge is 2.15. The first kappa shape index (κ1) is 10.0. The average Bonchev–Trinajstić information content (AvgIpc) is 2.16. The van der Waals surface area contributed by atoms with Gasteiger partial charge in [-0.1, -0.05) is 13.0 Å². The number of hydrogen-bond acceptors (Lipinski definition) is 4.